The van der Waals surface area contributed by atoms with Crippen molar-refractivity contribution < 1.29 is 9.59 Å². The molecule has 2 heteroatoms. The summed E-state index contributed by atoms with van der Waals surface area (Å²) in [7, 11) is 0. The molecule has 2 nitrogen and oxygen atoms in total. The Labute approximate surface area is 105 Å². The van der Waals surface area contributed by atoms with Gasteiger partial charge < -0.3 is 0 Å². The first-order valence-corrected chi connectivity index (χ1v) is 6.07. The quantitative estimate of drug-likeness (QED) is 0.498. The van der Waals surface area contributed by atoms with Crippen molar-refractivity contribution in [2.24, 2.45) is 11.3 Å². The Morgan fingerprint density at radius 3 is 2.18 bits per heavy atom. The number of ketones is 2. The Morgan fingerprint density at radius 1 is 1.24 bits per heavy atom. The van der Waals surface area contributed by atoms with Crippen molar-refractivity contribution in [2.45, 2.75) is 47.5 Å². The highest BCUT2D eigenvalue weighted by molar-refractivity contribution is 5.95. The van der Waals surface area contributed by atoms with Crippen LogP contribution in [0.5, 0.6) is 0 Å². The number of carbonyl (C=O) groups excluding carboxylic acids is 2. The fourth-order valence-electron chi connectivity index (χ4n) is 1.29. The second-order valence-corrected chi connectivity index (χ2v) is 5.55. The fraction of sp³-hybridized carbons (Fsp3) is 0.600. The minimum Gasteiger partial charge on any atom is -0.299 e. The molecule has 0 N–H and O–H groups in total. The standard InChI is InChI=1S/C15H24O2/c1-11(2)7-8-14(17)15(5,6)10-9-13(16)12(3)4/h7-8,12H,1,9-10H2,2-6H3/b8-7+. The van der Waals surface area contributed by atoms with Gasteiger partial charge in [-0.05, 0) is 19.4 Å². The van der Waals surface area contributed by atoms with Crippen molar-refractivity contribution >= 4 is 11.6 Å². The SMILES string of the molecule is C=C(C)/C=C/C(=O)C(C)(C)CCC(=O)C(C)C. The van der Waals surface area contributed by atoms with Crippen molar-refractivity contribution in [3.05, 3.63) is 24.3 Å². The minimum atomic E-state index is -0.476. The number of hydrogen-bond donors (Lipinski definition) is 0. The molecule has 0 aliphatic heterocycles. The number of carbonyl (C=O) groups is 2. The van der Waals surface area contributed by atoms with Crippen LogP contribution >= 0.6 is 0 Å². The molecule has 96 valence electrons. The summed E-state index contributed by atoms with van der Waals surface area (Å²) in [5, 5.41) is 0. The van der Waals surface area contributed by atoms with E-state index in [1.54, 1.807) is 12.2 Å². The zero-order valence-electron chi connectivity index (χ0n) is 11.7. The van der Waals surface area contributed by atoms with Crippen LogP contribution in [0, 0.1) is 11.3 Å². The summed E-state index contributed by atoms with van der Waals surface area (Å²) >= 11 is 0. The van der Waals surface area contributed by atoms with Crippen LogP contribution in [-0.4, -0.2) is 11.6 Å². The third-order valence-electron chi connectivity index (χ3n) is 2.83. The van der Waals surface area contributed by atoms with Crippen LogP contribution in [0.25, 0.3) is 0 Å². The first kappa shape index (κ1) is 15.8. The van der Waals surface area contributed by atoms with Gasteiger partial charge in [0.1, 0.15) is 5.78 Å². The van der Waals surface area contributed by atoms with E-state index in [-0.39, 0.29) is 17.5 Å². The van der Waals surface area contributed by atoms with Gasteiger partial charge in [0.05, 0.1) is 0 Å². The monoisotopic (exact) mass is 236 g/mol. The summed E-state index contributed by atoms with van der Waals surface area (Å²) in [6.45, 7) is 13.1. The van der Waals surface area contributed by atoms with E-state index in [1.807, 2.05) is 34.6 Å². The van der Waals surface area contributed by atoms with Crippen molar-refractivity contribution in [3.8, 4) is 0 Å². The van der Waals surface area contributed by atoms with Gasteiger partial charge in [-0.3, -0.25) is 9.59 Å². The predicted octanol–water partition coefficient (Wildman–Crippen LogP) is 3.72. The summed E-state index contributed by atoms with van der Waals surface area (Å²) < 4.78 is 0. The van der Waals surface area contributed by atoms with Gasteiger partial charge in [-0.15, -0.1) is 0 Å². The lowest BCUT2D eigenvalue weighted by atomic mass is 9.81. The van der Waals surface area contributed by atoms with E-state index in [9.17, 15) is 9.59 Å². The average Bonchev–Trinajstić information content (AvgIpc) is 2.22. The molecule has 0 aromatic heterocycles. The molecule has 0 aliphatic rings. The summed E-state index contributed by atoms with van der Waals surface area (Å²) in [5.74, 6) is 0.318. The third kappa shape index (κ3) is 6.20. The van der Waals surface area contributed by atoms with Crippen LogP contribution < -0.4 is 0 Å². The van der Waals surface area contributed by atoms with E-state index in [0.29, 0.717) is 12.8 Å². The predicted molar refractivity (Wildman–Crippen MR) is 71.8 cm³/mol. The van der Waals surface area contributed by atoms with Gasteiger partial charge in [0, 0.05) is 17.8 Å². The molecule has 0 amide bonds. The molecule has 0 bridgehead atoms. The van der Waals surface area contributed by atoms with Gasteiger partial charge in [-0.1, -0.05) is 45.9 Å². The van der Waals surface area contributed by atoms with Crippen molar-refractivity contribution in [2.75, 3.05) is 0 Å². The van der Waals surface area contributed by atoms with Crippen LogP contribution in [0.15, 0.2) is 24.3 Å². The average molecular weight is 236 g/mol. The maximum absolute atomic E-state index is 11.9. The molecule has 0 saturated carbocycles. The van der Waals surface area contributed by atoms with Crippen LogP contribution in [-0.2, 0) is 9.59 Å². The molecule has 0 saturated heterocycles. The third-order valence-corrected chi connectivity index (χ3v) is 2.83. The molecule has 0 rings (SSSR count). The first-order chi connectivity index (χ1) is 7.66. The zero-order valence-corrected chi connectivity index (χ0v) is 11.7. The molecule has 0 radical (unpaired) electrons. The summed E-state index contributed by atoms with van der Waals surface area (Å²) in [6.07, 6.45) is 4.34. The fourth-order valence-corrected chi connectivity index (χ4v) is 1.29. The van der Waals surface area contributed by atoms with E-state index >= 15 is 0 Å². The minimum absolute atomic E-state index is 0.0480. The normalized spacial score (nSPS) is 12.1. The lowest BCUT2D eigenvalue weighted by molar-refractivity contribution is -0.125. The molecule has 0 spiro atoms. The van der Waals surface area contributed by atoms with E-state index in [2.05, 4.69) is 6.58 Å². The van der Waals surface area contributed by atoms with Gasteiger partial charge in [-0.2, -0.15) is 0 Å². The van der Waals surface area contributed by atoms with Crippen molar-refractivity contribution in [1.29, 1.82) is 0 Å². The highest BCUT2D eigenvalue weighted by Crippen LogP contribution is 2.25. The number of allylic oxidation sites excluding steroid dienone is 3. The molecular formula is C15H24O2. The first-order valence-electron chi connectivity index (χ1n) is 6.07. The maximum atomic E-state index is 11.9. The molecule has 0 unspecified atom stereocenters. The lowest BCUT2D eigenvalue weighted by Crippen LogP contribution is -2.24. The molecule has 0 fully saturated rings. The molecule has 17 heavy (non-hydrogen) atoms. The number of Topliss-reactive ketones (excluding diaryl/α,β-unsaturated/α-hetero) is 1. The number of rotatable bonds is 7. The van der Waals surface area contributed by atoms with Crippen molar-refractivity contribution in [3.63, 3.8) is 0 Å². The van der Waals surface area contributed by atoms with Crippen LogP contribution in [0.2, 0.25) is 0 Å². The Balaban J connectivity index is 4.42. The van der Waals surface area contributed by atoms with Gasteiger partial charge in [-0.25, -0.2) is 0 Å². The summed E-state index contributed by atoms with van der Waals surface area (Å²) in [5.41, 5.74) is 0.378. The maximum Gasteiger partial charge on any atom is 0.161 e. The van der Waals surface area contributed by atoms with E-state index in [0.717, 1.165) is 5.57 Å². The summed E-state index contributed by atoms with van der Waals surface area (Å²) in [4.78, 5) is 23.4. The summed E-state index contributed by atoms with van der Waals surface area (Å²) in [6, 6.07) is 0. The van der Waals surface area contributed by atoms with Gasteiger partial charge >= 0.3 is 0 Å². The highest BCUT2D eigenvalue weighted by Gasteiger charge is 2.26. The molecular weight excluding hydrogens is 212 g/mol. The molecule has 0 aliphatic carbocycles. The van der Waals surface area contributed by atoms with Gasteiger partial charge in [0.15, 0.2) is 5.78 Å². The van der Waals surface area contributed by atoms with Crippen LogP contribution in [0.1, 0.15) is 47.5 Å². The Bertz CT molecular complexity index is 333. The topological polar surface area (TPSA) is 34.1 Å². The van der Waals surface area contributed by atoms with E-state index in [1.165, 1.54) is 0 Å². The van der Waals surface area contributed by atoms with Crippen molar-refractivity contribution in [1.82, 2.24) is 0 Å². The van der Waals surface area contributed by atoms with Gasteiger partial charge in [0.25, 0.3) is 0 Å². The molecule has 0 aromatic rings. The second kappa shape index (κ2) is 6.53. The lowest BCUT2D eigenvalue weighted by Gasteiger charge is -2.21. The molecule has 0 atom stereocenters. The van der Waals surface area contributed by atoms with Gasteiger partial charge in [0.2, 0.25) is 0 Å². The second-order valence-electron chi connectivity index (χ2n) is 5.55. The highest BCUT2D eigenvalue weighted by atomic mass is 16.1. The number of hydrogen-bond acceptors (Lipinski definition) is 2. The Hall–Kier alpha value is -1.18. The molecule has 0 heterocycles. The van der Waals surface area contributed by atoms with E-state index < -0.39 is 5.41 Å². The Morgan fingerprint density at radius 2 is 1.76 bits per heavy atom. The van der Waals surface area contributed by atoms with Crippen LogP contribution in [0.4, 0.5) is 0 Å². The molecule has 0 aromatic carbocycles. The Kier molecular flexibility index (Phi) is 6.08. The van der Waals surface area contributed by atoms with Crippen LogP contribution in [0.3, 0.4) is 0 Å². The zero-order chi connectivity index (χ0) is 13.6. The largest absolute Gasteiger partial charge is 0.299 e. The smallest absolute Gasteiger partial charge is 0.161 e. The van der Waals surface area contributed by atoms with E-state index in [4.69, 9.17) is 0 Å².